The summed E-state index contributed by atoms with van der Waals surface area (Å²) in [5, 5.41) is 22.6. The van der Waals surface area contributed by atoms with Crippen LogP contribution < -0.4 is 0 Å². The first kappa shape index (κ1) is 13.9. The molecule has 1 heterocycles. The van der Waals surface area contributed by atoms with E-state index in [0.717, 1.165) is 11.1 Å². The van der Waals surface area contributed by atoms with Crippen LogP contribution in [0.25, 0.3) is 12.2 Å². The summed E-state index contributed by atoms with van der Waals surface area (Å²) in [5.41, 5.74) is 1.83. The number of rotatable bonds is 4. The van der Waals surface area contributed by atoms with Crippen LogP contribution in [0.4, 0.5) is 0 Å². The predicted octanol–water partition coefficient (Wildman–Crippen LogP) is 3.24. The molecular weight excluding hydrogens is 280 g/mol. The molecule has 0 fully saturated rings. The Balaban J connectivity index is 1.71. The molecule has 0 amide bonds. The molecular formula is C17H14N2O3. The quantitative estimate of drug-likeness (QED) is 0.722. The van der Waals surface area contributed by atoms with Gasteiger partial charge in [-0.05, 0) is 29.3 Å². The fraction of sp³-hybridized carbons (Fsp3) is 0.0588. The van der Waals surface area contributed by atoms with Gasteiger partial charge in [0.15, 0.2) is 17.3 Å². The number of hydrogen-bond acceptors (Lipinski definition) is 5. The lowest BCUT2D eigenvalue weighted by Crippen LogP contribution is -1.89. The van der Waals surface area contributed by atoms with Crippen molar-refractivity contribution < 1.29 is 14.7 Å². The van der Waals surface area contributed by atoms with E-state index in [1.54, 1.807) is 18.2 Å². The van der Waals surface area contributed by atoms with Crippen molar-refractivity contribution in [2.45, 2.75) is 6.42 Å². The minimum Gasteiger partial charge on any atom is -0.504 e. The largest absolute Gasteiger partial charge is 0.504 e. The summed E-state index contributed by atoms with van der Waals surface area (Å²) in [4.78, 5) is 4.28. The molecule has 22 heavy (non-hydrogen) atoms. The van der Waals surface area contributed by atoms with Crippen molar-refractivity contribution in [1.29, 1.82) is 0 Å². The number of aromatic nitrogens is 2. The molecule has 5 nitrogen and oxygen atoms in total. The van der Waals surface area contributed by atoms with Gasteiger partial charge in [-0.2, -0.15) is 4.98 Å². The Morgan fingerprint density at radius 1 is 0.955 bits per heavy atom. The predicted molar refractivity (Wildman–Crippen MR) is 82.2 cm³/mol. The summed E-state index contributed by atoms with van der Waals surface area (Å²) in [5.74, 6) is 0.676. The normalized spacial score (nSPS) is 11.1. The van der Waals surface area contributed by atoms with Crippen LogP contribution in [0.1, 0.15) is 22.8 Å². The van der Waals surface area contributed by atoms with Crippen molar-refractivity contribution in [3.8, 4) is 11.5 Å². The van der Waals surface area contributed by atoms with Gasteiger partial charge in [-0.3, -0.25) is 0 Å². The topological polar surface area (TPSA) is 79.4 Å². The monoisotopic (exact) mass is 294 g/mol. The van der Waals surface area contributed by atoms with Crippen LogP contribution >= 0.6 is 0 Å². The maximum Gasteiger partial charge on any atom is 0.250 e. The molecule has 0 bridgehead atoms. The molecule has 0 unspecified atom stereocenters. The van der Waals surface area contributed by atoms with Gasteiger partial charge < -0.3 is 14.7 Å². The lowest BCUT2D eigenvalue weighted by atomic mass is 10.1. The Bertz CT molecular complexity index is 795. The molecule has 0 saturated carbocycles. The van der Waals surface area contributed by atoms with Crippen LogP contribution in [0.2, 0.25) is 0 Å². The number of phenolic OH excluding ortho intramolecular Hbond substituents is 2. The van der Waals surface area contributed by atoms with Gasteiger partial charge in [0.2, 0.25) is 0 Å². The molecule has 0 atom stereocenters. The first-order chi connectivity index (χ1) is 10.7. The van der Waals surface area contributed by atoms with E-state index in [9.17, 15) is 10.2 Å². The van der Waals surface area contributed by atoms with Gasteiger partial charge in [0.05, 0.1) is 0 Å². The second kappa shape index (κ2) is 6.13. The first-order valence-electron chi connectivity index (χ1n) is 6.77. The highest BCUT2D eigenvalue weighted by Crippen LogP contribution is 2.25. The molecule has 0 aliphatic heterocycles. The summed E-state index contributed by atoms with van der Waals surface area (Å²) in [6.45, 7) is 0. The van der Waals surface area contributed by atoms with Crippen molar-refractivity contribution in [2.24, 2.45) is 0 Å². The maximum absolute atomic E-state index is 9.43. The second-order valence-electron chi connectivity index (χ2n) is 4.79. The zero-order valence-corrected chi connectivity index (χ0v) is 11.7. The van der Waals surface area contributed by atoms with Crippen LogP contribution in [0, 0.1) is 0 Å². The Morgan fingerprint density at radius 2 is 1.77 bits per heavy atom. The Hall–Kier alpha value is -3.08. The molecule has 0 aliphatic carbocycles. The van der Waals surface area contributed by atoms with E-state index in [1.807, 2.05) is 30.3 Å². The number of nitrogens with zero attached hydrogens (tertiary/aromatic N) is 2. The number of phenols is 2. The van der Waals surface area contributed by atoms with Gasteiger partial charge >= 0.3 is 0 Å². The number of benzene rings is 2. The lowest BCUT2D eigenvalue weighted by molar-refractivity contribution is 0.403. The van der Waals surface area contributed by atoms with Crippen molar-refractivity contribution >= 4 is 12.2 Å². The highest BCUT2D eigenvalue weighted by atomic mass is 16.5. The molecule has 2 aromatic carbocycles. The van der Waals surface area contributed by atoms with Crippen LogP contribution in [0.5, 0.6) is 11.5 Å². The molecule has 5 heteroatoms. The molecule has 0 saturated heterocycles. The third-order valence-electron chi connectivity index (χ3n) is 3.11. The van der Waals surface area contributed by atoms with Gasteiger partial charge in [0, 0.05) is 12.5 Å². The Labute approximate surface area is 127 Å². The van der Waals surface area contributed by atoms with Crippen LogP contribution in [0.3, 0.4) is 0 Å². The SMILES string of the molecule is Oc1ccc(C=Cc2nc(Cc3ccccc3)no2)cc1O. The highest BCUT2D eigenvalue weighted by Gasteiger charge is 2.05. The summed E-state index contributed by atoms with van der Waals surface area (Å²) >= 11 is 0. The Morgan fingerprint density at radius 3 is 2.55 bits per heavy atom. The lowest BCUT2D eigenvalue weighted by Gasteiger charge is -1.97. The van der Waals surface area contributed by atoms with E-state index in [0.29, 0.717) is 18.1 Å². The van der Waals surface area contributed by atoms with E-state index in [-0.39, 0.29) is 11.5 Å². The summed E-state index contributed by atoms with van der Waals surface area (Å²) < 4.78 is 5.15. The molecule has 2 N–H and O–H groups in total. The number of aromatic hydroxyl groups is 2. The van der Waals surface area contributed by atoms with Crippen molar-refractivity contribution in [3.63, 3.8) is 0 Å². The summed E-state index contributed by atoms with van der Waals surface area (Å²) in [6.07, 6.45) is 3.99. The minimum atomic E-state index is -0.169. The van der Waals surface area contributed by atoms with Gasteiger partial charge in [0.1, 0.15) is 0 Å². The van der Waals surface area contributed by atoms with Gasteiger partial charge in [-0.1, -0.05) is 41.6 Å². The first-order valence-corrected chi connectivity index (χ1v) is 6.77. The van der Waals surface area contributed by atoms with Gasteiger partial charge in [0.25, 0.3) is 5.89 Å². The van der Waals surface area contributed by atoms with Crippen molar-refractivity contribution in [2.75, 3.05) is 0 Å². The van der Waals surface area contributed by atoms with Crippen LogP contribution in [-0.4, -0.2) is 20.4 Å². The molecule has 1 aromatic heterocycles. The summed E-state index contributed by atoms with van der Waals surface area (Å²) in [6, 6.07) is 14.4. The minimum absolute atomic E-state index is 0.153. The molecule has 0 aliphatic rings. The van der Waals surface area contributed by atoms with Gasteiger partial charge in [-0.15, -0.1) is 0 Å². The van der Waals surface area contributed by atoms with Crippen LogP contribution in [-0.2, 0) is 6.42 Å². The number of hydrogen-bond donors (Lipinski definition) is 2. The van der Waals surface area contributed by atoms with E-state index in [4.69, 9.17) is 4.52 Å². The molecule has 110 valence electrons. The third kappa shape index (κ3) is 3.32. The third-order valence-corrected chi connectivity index (χ3v) is 3.11. The smallest absolute Gasteiger partial charge is 0.250 e. The maximum atomic E-state index is 9.43. The molecule has 0 radical (unpaired) electrons. The second-order valence-corrected chi connectivity index (χ2v) is 4.79. The average Bonchev–Trinajstić information content (AvgIpc) is 2.97. The highest BCUT2D eigenvalue weighted by molar-refractivity contribution is 5.67. The molecule has 0 spiro atoms. The van der Waals surface area contributed by atoms with E-state index >= 15 is 0 Å². The average molecular weight is 294 g/mol. The zero-order chi connectivity index (χ0) is 15.4. The van der Waals surface area contributed by atoms with E-state index in [2.05, 4.69) is 10.1 Å². The van der Waals surface area contributed by atoms with E-state index < -0.39 is 0 Å². The summed E-state index contributed by atoms with van der Waals surface area (Å²) in [7, 11) is 0. The standard InChI is InChI=1S/C17H14N2O3/c20-14-8-6-13(10-15(14)21)7-9-17-18-16(19-22-17)11-12-4-2-1-3-5-12/h1-10,20-21H,11H2. The van der Waals surface area contributed by atoms with Gasteiger partial charge in [-0.25, -0.2) is 0 Å². The fourth-order valence-electron chi connectivity index (χ4n) is 2.00. The van der Waals surface area contributed by atoms with Crippen LogP contribution in [0.15, 0.2) is 53.1 Å². The fourth-order valence-corrected chi connectivity index (χ4v) is 2.00. The van der Waals surface area contributed by atoms with Crippen molar-refractivity contribution in [3.05, 3.63) is 71.4 Å². The Kier molecular flexibility index (Phi) is 3.87. The molecule has 3 aromatic rings. The van der Waals surface area contributed by atoms with E-state index in [1.165, 1.54) is 12.1 Å². The zero-order valence-electron chi connectivity index (χ0n) is 11.7. The van der Waals surface area contributed by atoms with Crippen molar-refractivity contribution in [1.82, 2.24) is 10.1 Å². The molecule has 3 rings (SSSR count).